The lowest BCUT2D eigenvalue weighted by atomic mass is 10.1. The summed E-state index contributed by atoms with van der Waals surface area (Å²) < 4.78 is 24.3. The maximum atomic E-state index is 12.2. The number of hydrogen-bond acceptors (Lipinski definition) is 4. The standard InChI is InChI=1S/C16H24N2O3S/c1-5-22(20,21)14-9-7-6-8-13(14)17-12-10-15(19)18(11-12)16(2,3)4/h6-9,12,17H,5,10-11H2,1-4H3/t12-/m0/s1. The fourth-order valence-corrected chi connectivity index (χ4v) is 3.74. The molecule has 6 heteroatoms. The summed E-state index contributed by atoms with van der Waals surface area (Å²) in [7, 11) is -3.29. The van der Waals surface area contributed by atoms with Crippen molar-refractivity contribution in [2.75, 3.05) is 17.6 Å². The molecule has 22 heavy (non-hydrogen) atoms. The minimum atomic E-state index is -3.29. The molecule has 1 aromatic carbocycles. The molecule has 2 rings (SSSR count). The van der Waals surface area contributed by atoms with Crippen LogP contribution in [0.5, 0.6) is 0 Å². The second kappa shape index (κ2) is 5.91. The van der Waals surface area contributed by atoms with Crippen LogP contribution in [0.15, 0.2) is 29.2 Å². The Morgan fingerprint density at radius 3 is 2.45 bits per heavy atom. The van der Waals surface area contributed by atoms with Crippen molar-refractivity contribution in [2.24, 2.45) is 0 Å². The zero-order valence-corrected chi connectivity index (χ0v) is 14.4. The van der Waals surface area contributed by atoms with E-state index in [0.717, 1.165) is 0 Å². The molecule has 1 fully saturated rings. The summed E-state index contributed by atoms with van der Waals surface area (Å²) >= 11 is 0. The zero-order valence-electron chi connectivity index (χ0n) is 13.6. The molecular formula is C16H24N2O3S. The molecular weight excluding hydrogens is 300 g/mol. The smallest absolute Gasteiger partial charge is 0.225 e. The molecule has 0 spiro atoms. The molecule has 1 amide bonds. The van der Waals surface area contributed by atoms with Crippen molar-refractivity contribution < 1.29 is 13.2 Å². The quantitative estimate of drug-likeness (QED) is 0.923. The van der Waals surface area contributed by atoms with Gasteiger partial charge in [-0.05, 0) is 32.9 Å². The fourth-order valence-electron chi connectivity index (χ4n) is 2.68. The monoisotopic (exact) mass is 324 g/mol. The Balaban J connectivity index is 2.22. The van der Waals surface area contributed by atoms with Gasteiger partial charge >= 0.3 is 0 Å². The Morgan fingerprint density at radius 2 is 1.91 bits per heavy atom. The number of para-hydroxylation sites is 1. The predicted octanol–water partition coefficient (Wildman–Crippen LogP) is 2.29. The van der Waals surface area contributed by atoms with Crippen molar-refractivity contribution >= 4 is 21.4 Å². The molecule has 0 unspecified atom stereocenters. The minimum Gasteiger partial charge on any atom is -0.379 e. The number of nitrogens with zero attached hydrogens (tertiary/aromatic N) is 1. The van der Waals surface area contributed by atoms with Crippen molar-refractivity contribution in [2.45, 2.75) is 50.6 Å². The minimum absolute atomic E-state index is 0.0589. The maximum Gasteiger partial charge on any atom is 0.225 e. The van der Waals surface area contributed by atoms with Crippen molar-refractivity contribution in [1.29, 1.82) is 0 Å². The second-order valence-corrected chi connectivity index (χ2v) is 8.87. The molecule has 1 heterocycles. The maximum absolute atomic E-state index is 12.2. The molecule has 1 saturated heterocycles. The third kappa shape index (κ3) is 3.43. The number of nitrogens with one attached hydrogen (secondary N) is 1. The average molecular weight is 324 g/mol. The summed E-state index contributed by atoms with van der Waals surface area (Å²) in [5, 5.41) is 3.24. The molecule has 0 aromatic heterocycles. The Morgan fingerprint density at radius 1 is 1.27 bits per heavy atom. The number of sulfone groups is 1. The van der Waals surface area contributed by atoms with E-state index < -0.39 is 9.84 Å². The van der Waals surface area contributed by atoms with Gasteiger partial charge in [-0.15, -0.1) is 0 Å². The zero-order chi connectivity index (χ0) is 16.5. The summed E-state index contributed by atoms with van der Waals surface area (Å²) in [4.78, 5) is 14.3. The molecule has 1 aromatic rings. The molecule has 0 bridgehead atoms. The number of hydrogen-bond donors (Lipinski definition) is 1. The van der Waals surface area contributed by atoms with E-state index in [1.54, 1.807) is 31.2 Å². The van der Waals surface area contributed by atoms with E-state index in [0.29, 0.717) is 23.5 Å². The number of rotatable bonds is 4. The lowest BCUT2D eigenvalue weighted by Crippen LogP contribution is -2.43. The summed E-state index contributed by atoms with van der Waals surface area (Å²) in [6.07, 6.45) is 0.387. The van der Waals surface area contributed by atoms with Crippen LogP contribution in [-0.4, -0.2) is 43.1 Å². The molecule has 1 atom stereocenters. The summed E-state index contributed by atoms with van der Waals surface area (Å²) in [6, 6.07) is 6.82. The van der Waals surface area contributed by atoms with Crippen LogP contribution in [0.4, 0.5) is 5.69 Å². The first-order valence-corrected chi connectivity index (χ1v) is 9.19. The van der Waals surface area contributed by atoms with Gasteiger partial charge in [-0.25, -0.2) is 8.42 Å². The van der Waals surface area contributed by atoms with Gasteiger partial charge in [0.2, 0.25) is 5.91 Å². The van der Waals surface area contributed by atoms with E-state index in [9.17, 15) is 13.2 Å². The van der Waals surface area contributed by atoms with Crippen LogP contribution in [-0.2, 0) is 14.6 Å². The van der Waals surface area contributed by atoms with E-state index in [2.05, 4.69) is 5.32 Å². The van der Waals surface area contributed by atoms with E-state index in [1.165, 1.54) is 0 Å². The lowest BCUT2D eigenvalue weighted by molar-refractivity contribution is -0.131. The van der Waals surface area contributed by atoms with Gasteiger partial charge in [0.1, 0.15) is 0 Å². The number of amides is 1. The highest BCUT2D eigenvalue weighted by molar-refractivity contribution is 7.91. The van der Waals surface area contributed by atoms with Gasteiger partial charge in [-0.3, -0.25) is 4.79 Å². The van der Waals surface area contributed by atoms with Gasteiger partial charge in [0.25, 0.3) is 0 Å². The van der Waals surface area contributed by atoms with Crippen molar-refractivity contribution in [3.8, 4) is 0 Å². The first-order valence-electron chi connectivity index (χ1n) is 7.54. The highest BCUT2D eigenvalue weighted by atomic mass is 32.2. The van der Waals surface area contributed by atoms with Crippen LogP contribution in [0.1, 0.15) is 34.1 Å². The molecule has 0 saturated carbocycles. The van der Waals surface area contributed by atoms with E-state index >= 15 is 0 Å². The SMILES string of the molecule is CCS(=O)(=O)c1ccccc1N[C@H]1CC(=O)N(C(C)(C)C)C1. The van der Waals surface area contributed by atoms with Gasteiger partial charge in [0.15, 0.2) is 9.84 Å². The van der Waals surface area contributed by atoms with Crippen LogP contribution in [0, 0.1) is 0 Å². The number of benzene rings is 1. The van der Waals surface area contributed by atoms with Gasteiger partial charge in [-0.1, -0.05) is 19.1 Å². The van der Waals surface area contributed by atoms with Gasteiger partial charge in [0.05, 0.1) is 22.4 Å². The first-order chi connectivity index (χ1) is 10.1. The summed E-state index contributed by atoms with van der Waals surface area (Å²) in [5.41, 5.74) is 0.362. The first kappa shape index (κ1) is 16.8. The topological polar surface area (TPSA) is 66.5 Å². The molecule has 5 nitrogen and oxygen atoms in total. The Bertz CT molecular complexity index is 662. The van der Waals surface area contributed by atoms with Crippen molar-refractivity contribution in [1.82, 2.24) is 4.90 Å². The van der Waals surface area contributed by atoms with Gasteiger partial charge in [-0.2, -0.15) is 0 Å². The van der Waals surface area contributed by atoms with Gasteiger partial charge < -0.3 is 10.2 Å². The van der Waals surface area contributed by atoms with Crippen LogP contribution in [0.3, 0.4) is 0 Å². The molecule has 1 N–H and O–H groups in total. The van der Waals surface area contributed by atoms with E-state index in [4.69, 9.17) is 0 Å². The lowest BCUT2D eigenvalue weighted by Gasteiger charge is -2.32. The molecule has 0 radical (unpaired) electrons. The summed E-state index contributed by atoms with van der Waals surface area (Å²) in [5.74, 6) is 0.157. The number of carbonyl (C=O) groups excluding carboxylic acids is 1. The Labute approximate surface area is 132 Å². The number of anilines is 1. The normalized spacial score (nSPS) is 19.5. The highest BCUT2D eigenvalue weighted by Gasteiger charge is 2.36. The average Bonchev–Trinajstić information content (AvgIpc) is 2.80. The third-order valence-electron chi connectivity index (χ3n) is 3.90. The molecule has 1 aliphatic heterocycles. The van der Waals surface area contributed by atoms with E-state index in [1.807, 2.05) is 25.7 Å². The Hall–Kier alpha value is -1.56. The molecule has 1 aliphatic rings. The van der Waals surface area contributed by atoms with Crippen LogP contribution >= 0.6 is 0 Å². The number of carbonyl (C=O) groups is 1. The highest BCUT2D eigenvalue weighted by Crippen LogP contribution is 2.27. The van der Waals surface area contributed by atoms with Crippen LogP contribution in [0.25, 0.3) is 0 Å². The predicted molar refractivity (Wildman–Crippen MR) is 87.7 cm³/mol. The van der Waals surface area contributed by atoms with Crippen molar-refractivity contribution in [3.05, 3.63) is 24.3 Å². The summed E-state index contributed by atoms with van der Waals surface area (Å²) in [6.45, 7) is 8.23. The largest absolute Gasteiger partial charge is 0.379 e. The second-order valence-electron chi connectivity index (χ2n) is 6.62. The van der Waals surface area contributed by atoms with Crippen LogP contribution in [0.2, 0.25) is 0 Å². The fraction of sp³-hybridized carbons (Fsp3) is 0.562. The third-order valence-corrected chi connectivity index (χ3v) is 5.68. The number of likely N-dealkylation sites (tertiary alicyclic amines) is 1. The molecule has 0 aliphatic carbocycles. The molecule has 122 valence electrons. The van der Waals surface area contributed by atoms with E-state index in [-0.39, 0.29) is 23.2 Å². The van der Waals surface area contributed by atoms with Crippen LogP contribution < -0.4 is 5.32 Å². The Kier molecular flexibility index (Phi) is 4.52. The van der Waals surface area contributed by atoms with Gasteiger partial charge in [0, 0.05) is 18.5 Å². The van der Waals surface area contributed by atoms with Crippen molar-refractivity contribution in [3.63, 3.8) is 0 Å².